The fraction of sp³-hybridized carbons (Fsp3) is 0.529. The highest BCUT2D eigenvalue weighted by atomic mass is 16.1. The van der Waals surface area contributed by atoms with Gasteiger partial charge in [0.15, 0.2) is 0 Å². The van der Waals surface area contributed by atoms with Gasteiger partial charge >= 0.3 is 0 Å². The number of aromatic nitrogens is 4. The van der Waals surface area contributed by atoms with Gasteiger partial charge in [-0.1, -0.05) is 0 Å². The van der Waals surface area contributed by atoms with E-state index in [1.54, 1.807) is 30.2 Å². The molecule has 0 radical (unpaired) electrons. The molecule has 0 saturated carbocycles. The van der Waals surface area contributed by atoms with E-state index in [0.717, 1.165) is 49.9 Å². The first kappa shape index (κ1) is 15.1. The molecular weight excluding hydrogens is 306 g/mol. The largest absolute Gasteiger partial charge is 0.352 e. The summed E-state index contributed by atoms with van der Waals surface area (Å²) >= 11 is 0. The molecule has 0 N–H and O–H groups in total. The zero-order valence-electron chi connectivity index (χ0n) is 13.8. The van der Waals surface area contributed by atoms with Crippen LogP contribution in [0.4, 0.5) is 5.82 Å². The molecule has 1 atom stereocenters. The molecule has 1 fully saturated rings. The highest BCUT2D eigenvalue weighted by molar-refractivity contribution is 5.39. The minimum atomic E-state index is -0.0709. The second-order valence-electron chi connectivity index (χ2n) is 6.68. The Balaban J connectivity index is 1.61. The topological polar surface area (TPSA) is 73.0 Å². The van der Waals surface area contributed by atoms with Crippen LogP contribution < -0.4 is 16.0 Å². The summed E-state index contributed by atoms with van der Waals surface area (Å²) in [5.41, 5.74) is 2.07. The zero-order valence-corrected chi connectivity index (χ0v) is 13.8. The number of rotatable bonds is 3. The first-order chi connectivity index (χ1) is 11.6. The van der Waals surface area contributed by atoms with Crippen molar-refractivity contribution in [1.29, 1.82) is 0 Å². The van der Waals surface area contributed by atoms with Crippen LogP contribution in [0, 0.1) is 0 Å². The van der Waals surface area contributed by atoms with Gasteiger partial charge in [0.1, 0.15) is 5.82 Å². The Kier molecular flexibility index (Phi) is 3.70. The lowest BCUT2D eigenvalue weighted by molar-refractivity contribution is 0.481. The Morgan fingerprint density at radius 2 is 2.04 bits per heavy atom. The van der Waals surface area contributed by atoms with Crippen molar-refractivity contribution in [3.8, 4) is 0 Å². The quantitative estimate of drug-likeness (QED) is 0.820. The van der Waals surface area contributed by atoms with Gasteiger partial charge < -0.3 is 9.47 Å². The molecule has 0 spiro atoms. The van der Waals surface area contributed by atoms with Crippen molar-refractivity contribution in [2.45, 2.75) is 44.7 Å². The van der Waals surface area contributed by atoms with E-state index in [2.05, 4.69) is 15.0 Å². The first-order valence-corrected chi connectivity index (χ1v) is 8.51. The maximum Gasteiger partial charge on any atom is 0.267 e. The monoisotopic (exact) mass is 327 g/mol. The van der Waals surface area contributed by atoms with E-state index < -0.39 is 0 Å². The van der Waals surface area contributed by atoms with Crippen LogP contribution in [0.1, 0.15) is 30.5 Å². The van der Waals surface area contributed by atoms with Gasteiger partial charge in [-0.25, -0.2) is 9.67 Å². The fourth-order valence-electron chi connectivity index (χ4n) is 3.71. The maximum absolute atomic E-state index is 12.3. The van der Waals surface area contributed by atoms with Gasteiger partial charge in [0.25, 0.3) is 11.1 Å². The van der Waals surface area contributed by atoms with E-state index in [1.807, 2.05) is 0 Å². The van der Waals surface area contributed by atoms with Gasteiger partial charge in [-0.2, -0.15) is 5.10 Å². The molecule has 1 saturated heterocycles. The minimum absolute atomic E-state index is 0.0283. The summed E-state index contributed by atoms with van der Waals surface area (Å²) in [5, 5.41) is 4.57. The molecule has 2 aromatic rings. The lowest BCUT2D eigenvalue weighted by Crippen LogP contribution is -2.38. The van der Waals surface area contributed by atoms with Crippen LogP contribution in [0.3, 0.4) is 0 Å². The fourth-order valence-corrected chi connectivity index (χ4v) is 3.71. The highest BCUT2D eigenvalue weighted by Gasteiger charge is 2.27. The Bertz CT molecular complexity index is 885. The summed E-state index contributed by atoms with van der Waals surface area (Å²) in [6, 6.07) is 3.46. The molecule has 2 aromatic heterocycles. The standard InChI is InChI=1S/C17H21N5O2/c1-20-11-18-15(9-16(20)23)21-7-3-5-13(21)10-22-17(24)8-12-4-2-6-14(12)19-22/h8-9,11,13H,2-7,10H2,1H3. The Labute approximate surface area is 139 Å². The normalized spacial score (nSPS) is 19.7. The van der Waals surface area contributed by atoms with Crippen LogP contribution in [0.15, 0.2) is 28.0 Å². The van der Waals surface area contributed by atoms with Gasteiger partial charge in [0.2, 0.25) is 0 Å². The van der Waals surface area contributed by atoms with Crippen molar-refractivity contribution < 1.29 is 0 Å². The maximum atomic E-state index is 12.3. The number of hydrogen-bond donors (Lipinski definition) is 0. The van der Waals surface area contributed by atoms with Gasteiger partial charge in [-0.05, 0) is 37.7 Å². The Hall–Kier alpha value is -2.44. The molecule has 1 unspecified atom stereocenters. The summed E-state index contributed by atoms with van der Waals surface area (Å²) in [4.78, 5) is 30.7. The van der Waals surface area contributed by atoms with Crippen molar-refractivity contribution >= 4 is 5.82 Å². The van der Waals surface area contributed by atoms with Crippen LogP contribution >= 0.6 is 0 Å². The number of fused-ring (bicyclic) bond motifs is 1. The second-order valence-corrected chi connectivity index (χ2v) is 6.68. The van der Waals surface area contributed by atoms with Crippen LogP contribution in [-0.2, 0) is 26.4 Å². The van der Waals surface area contributed by atoms with E-state index in [4.69, 9.17) is 0 Å². The minimum Gasteiger partial charge on any atom is -0.352 e. The lowest BCUT2D eigenvalue weighted by Gasteiger charge is -2.25. The average Bonchev–Trinajstić information content (AvgIpc) is 3.19. The van der Waals surface area contributed by atoms with Crippen molar-refractivity contribution in [2.24, 2.45) is 7.05 Å². The van der Waals surface area contributed by atoms with Crippen molar-refractivity contribution in [1.82, 2.24) is 19.3 Å². The van der Waals surface area contributed by atoms with Crippen LogP contribution in [0.25, 0.3) is 0 Å². The molecule has 4 rings (SSSR count). The third-order valence-corrected chi connectivity index (χ3v) is 5.04. The molecule has 1 aliphatic carbocycles. The molecule has 7 nitrogen and oxygen atoms in total. The van der Waals surface area contributed by atoms with E-state index in [0.29, 0.717) is 12.4 Å². The smallest absolute Gasteiger partial charge is 0.267 e. The van der Waals surface area contributed by atoms with Crippen molar-refractivity contribution in [3.05, 3.63) is 50.4 Å². The zero-order chi connectivity index (χ0) is 16.7. The first-order valence-electron chi connectivity index (χ1n) is 8.51. The van der Waals surface area contributed by atoms with Crippen LogP contribution in [0.2, 0.25) is 0 Å². The summed E-state index contributed by atoms with van der Waals surface area (Å²) in [6.45, 7) is 1.40. The lowest BCUT2D eigenvalue weighted by atomic mass is 10.2. The summed E-state index contributed by atoms with van der Waals surface area (Å²) in [6.07, 6.45) is 6.56. The molecule has 7 heteroatoms. The molecular formula is C17H21N5O2. The van der Waals surface area contributed by atoms with Gasteiger partial charge in [0, 0.05) is 25.7 Å². The van der Waals surface area contributed by atoms with Gasteiger partial charge in [0.05, 0.1) is 24.6 Å². The van der Waals surface area contributed by atoms with E-state index >= 15 is 0 Å². The molecule has 3 heterocycles. The predicted molar refractivity (Wildman–Crippen MR) is 90.4 cm³/mol. The molecule has 0 aromatic carbocycles. The summed E-state index contributed by atoms with van der Waals surface area (Å²) in [5.74, 6) is 0.690. The van der Waals surface area contributed by atoms with Gasteiger partial charge in [-0.3, -0.25) is 9.59 Å². The van der Waals surface area contributed by atoms with Gasteiger partial charge in [-0.15, -0.1) is 0 Å². The molecule has 0 bridgehead atoms. The van der Waals surface area contributed by atoms with E-state index in [9.17, 15) is 9.59 Å². The molecule has 24 heavy (non-hydrogen) atoms. The number of anilines is 1. The third kappa shape index (κ3) is 2.64. The van der Waals surface area contributed by atoms with Crippen molar-refractivity contribution in [3.63, 3.8) is 0 Å². The predicted octanol–water partition coefficient (Wildman–Crippen LogP) is 0.495. The number of nitrogens with zero attached hydrogens (tertiary/aromatic N) is 5. The summed E-state index contributed by atoms with van der Waals surface area (Å²) in [7, 11) is 1.69. The second kappa shape index (κ2) is 5.89. The van der Waals surface area contributed by atoms with Crippen LogP contribution in [-0.4, -0.2) is 31.9 Å². The van der Waals surface area contributed by atoms with Crippen LogP contribution in [0.5, 0.6) is 0 Å². The molecule has 126 valence electrons. The Morgan fingerprint density at radius 3 is 2.88 bits per heavy atom. The van der Waals surface area contributed by atoms with Crippen molar-refractivity contribution in [2.75, 3.05) is 11.4 Å². The Morgan fingerprint density at radius 1 is 1.17 bits per heavy atom. The highest BCUT2D eigenvalue weighted by Crippen LogP contribution is 2.24. The molecule has 0 amide bonds. The SMILES string of the molecule is Cn1cnc(N2CCCC2Cn2nc3c(cc2=O)CCC3)cc1=O. The molecule has 1 aliphatic heterocycles. The van der Waals surface area contributed by atoms with E-state index in [-0.39, 0.29) is 17.2 Å². The van der Waals surface area contributed by atoms with E-state index in [1.165, 1.54) is 4.57 Å². The molecule has 2 aliphatic rings. The average molecular weight is 327 g/mol. The number of aryl methyl sites for hydroxylation is 3. The third-order valence-electron chi connectivity index (χ3n) is 5.04. The number of hydrogen-bond acceptors (Lipinski definition) is 5. The summed E-state index contributed by atoms with van der Waals surface area (Å²) < 4.78 is 3.05.